The predicted octanol–water partition coefficient (Wildman–Crippen LogP) is 6.13. The van der Waals surface area contributed by atoms with Crippen LogP contribution in [0.2, 0.25) is 13.1 Å². The van der Waals surface area contributed by atoms with Gasteiger partial charge in [-0.05, 0) is 45.1 Å². The topological polar surface area (TPSA) is 0 Å². The number of hydrogen-bond acceptors (Lipinski definition) is 0. The van der Waals surface area contributed by atoms with E-state index in [1.165, 1.54) is 12.8 Å². The summed E-state index contributed by atoms with van der Waals surface area (Å²) in [5.74, 6) is 0.654. The molecule has 0 aliphatic heterocycles. The fourth-order valence-electron chi connectivity index (χ4n) is 4.24. The molecule has 0 N–H and O–H groups in total. The molecule has 2 aliphatic rings. The van der Waals surface area contributed by atoms with Crippen LogP contribution in [0.5, 0.6) is 0 Å². The van der Waals surface area contributed by atoms with Crippen molar-refractivity contribution < 1.29 is 0 Å². The first-order valence-corrected chi connectivity index (χ1v) is 11.1. The van der Waals surface area contributed by atoms with Gasteiger partial charge in [0.15, 0.2) is 0 Å². The third kappa shape index (κ3) is 2.30. The van der Waals surface area contributed by atoms with Crippen molar-refractivity contribution in [3.8, 4) is 0 Å². The Morgan fingerprint density at radius 1 is 1.10 bits per heavy atom. The standard InChI is InChI=1S/C19H30Si/c1-8-10-17-11-9-12-18(17)20(6,7)19-15(4)13(2)14(3)16(19)5/h11-12,15H,8-10H2,1-7H3. The molecule has 0 fully saturated rings. The smallest absolute Gasteiger partial charge is 0.0808 e. The van der Waals surface area contributed by atoms with Crippen molar-refractivity contribution in [2.75, 3.05) is 0 Å². The largest absolute Gasteiger partial charge is 0.108 e. The van der Waals surface area contributed by atoms with Gasteiger partial charge in [-0.1, -0.05) is 72.6 Å². The highest BCUT2D eigenvalue weighted by atomic mass is 28.3. The van der Waals surface area contributed by atoms with Crippen LogP contribution in [0, 0.1) is 5.92 Å². The van der Waals surface area contributed by atoms with Gasteiger partial charge in [0.1, 0.15) is 8.07 Å². The van der Waals surface area contributed by atoms with Crippen LogP contribution in [0.4, 0.5) is 0 Å². The van der Waals surface area contributed by atoms with E-state index in [1.54, 1.807) is 32.7 Å². The average molecular weight is 287 g/mol. The number of hydrogen-bond donors (Lipinski definition) is 0. The van der Waals surface area contributed by atoms with E-state index < -0.39 is 8.07 Å². The van der Waals surface area contributed by atoms with Gasteiger partial charge in [0.2, 0.25) is 0 Å². The summed E-state index contributed by atoms with van der Waals surface area (Å²) in [6, 6.07) is 0. The Morgan fingerprint density at radius 2 is 1.75 bits per heavy atom. The highest BCUT2D eigenvalue weighted by molar-refractivity contribution is 6.91. The minimum Gasteiger partial charge on any atom is -0.0808 e. The molecule has 2 rings (SSSR count). The Bertz CT molecular complexity index is 538. The molecule has 1 unspecified atom stereocenters. The third-order valence-electron chi connectivity index (χ3n) is 5.54. The molecule has 0 bridgehead atoms. The van der Waals surface area contributed by atoms with Gasteiger partial charge >= 0.3 is 0 Å². The quantitative estimate of drug-likeness (QED) is 0.545. The summed E-state index contributed by atoms with van der Waals surface area (Å²) < 4.78 is 0. The van der Waals surface area contributed by atoms with Gasteiger partial charge < -0.3 is 0 Å². The van der Waals surface area contributed by atoms with Crippen molar-refractivity contribution in [2.45, 2.75) is 67.0 Å². The lowest BCUT2D eigenvalue weighted by molar-refractivity contribution is 0.847. The van der Waals surface area contributed by atoms with E-state index in [0.717, 1.165) is 6.42 Å². The molecule has 0 nitrogen and oxygen atoms in total. The zero-order chi connectivity index (χ0) is 15.1. The summed E-state index contributed by atoms with van der Waals surface area (Å²) in [5, 5.41) is 3.51. The van der Waals surface area contributed by atoms with Crippen molar-refractivity contribution in [3.63, 3.8) is 0 Å². The second-order valence-corrected chi connectivity index (χ2v) is 11.4. The maximum atomic E-state index is 2.56. The Morgan fingerprint density at radius 3 is 2.25 bits per heavy atom. The Hall–Kier alpha value is -0.823. The van der Waals surface area contributed by atoms with E-state index in [2.05, 4.69) is 59.9 Å². The minimum absolute atomic E-state index is 0.654. The minimum atomic E-state index is -1.52. The van der Waals surface area contributed by atoms with Gasteiger partial charge in [-0.15, -0.1) is 0 Å². The molecule has 0 spiro atoms. The monoisotopic (exact) mass is 286 g/mol. The Kier molecular flexibility index (Phi) is 4.29. The molecule has 1 atom stereocenters. The van der Waals surface area contributed by atoms with Gasteiger partial charge in [0.05, 0.1) is 0 Å². The summed E-state index contributed by atoms with van der Waals surface area (Å²) in [5.41, 5.74) is 6.39. The Balaban J connectivity index is 2.41. The second-order valence-electron chi connectivity index (χ2n) is 7.03. The summed E-state index contributed by atoms with van der Waals surface area (Å²) in [6.07, 6.45) is 8.67. The highest BCUT2D eigenvalue weighted by Gasteiger charge is 2.40. The van der Waals surface area contributed by atoms with E-state index in [-0.39, 0.29) is 0 Å². The van der Waals surface area contributed by atoms with E-state index in [4.69, 9.17) is 0 Å². The number of allylic oxidation sites excluding steroid dienone is 8. The van der Waals surface area contributed by atoms with Crippen molar-refractivity contribution >= 4 is 8.07 Å². The van der Waals surface area contributed by atoms with E-state index in [0.29, 0.717) is 5.92 Å². The normalized spacial score (nSPS) is 23.6. The lowest BCUT2D eigenvalue weighted by atomic mass is 10.1. The van der Waals surface area contributed by atoms with Crippen molar-refractivity contribution in [3.05, 3.63) is 44.8 Å². The first-order valence-electron chi connectivity index (χ1n) is 8.11. The maximum absolute atomic E-state index is 2.56. The molecule has 0 heterocycles. The fourth-order valence-corrected chi connectivity index (χ4v) is 8.61. The molecule has 0 amide bonds. The van der Waals surface area contributed by atoms with Crippen LogP contribution in [-0.4, -0.2) is 8.07 Å². The van der Waals surface area contributed by atoms with Crippen molar-refractivity contribution in [2.24, 2.45) is 5.92 Å². The predicted molar refractivity (Wildman–Crippen MR) is 93.4 cm³/mol. The van der Waals surface area contributed by atoms with Crippen LogP contribution >= 0.6 is 0 Å². The van der Waals surface area contributed by atoms with E-state index in [1.807, 2.05) is 0 Å². The SMILES string of the molecule is CCCC1=CCC=C1[Si](C)(C)C1=C(C)C(C)=C(C)C1C. The Labute approximate surface area is 126 Å². The summed E-state index contributed by atoms with van der Waals surface area (Å²) in [4.78, 5) is 0. The first-order chi connectivity index (χ1) is 9.32. The van der Waals surface area contributed by atoms with Gasteiger partial charge in [0, 0.05) is 0 Å². The zero-order valence-electron chi connectivity index (χ0n) is 14.4. The van der Waals surface area contributed by atoms with Gasteiger partial charge in [0.25, 0.3) is 0 Å². The molecule has 0 aromatic carbocycles. The van der Waals surface area contributed by atoms with Crippen LogP contribution in [-0.2, 0) is 0 Å². The average Bonchev–Trinajstić information content (AvgIpc) is 2.92. The second kappa shape index (κ2) is 5.52. The molecule has 0 radical (unpaired) electrons. The summed E-state index contributed by atoms with van der Waals surface area (Å²) in [7, 11) is -1.52. The van der Waals surface area contributed by atoms with Gasteiger partial charge in [-0.25, -0.2) is 0 Å². The molecule has 0 saturated carbocycles. The lowest BCUT2D eigenvalue weighted by Crippen LogP contribution is -2.36. The van der Waals surface area contributed by atoms with Gasteiger partial charge in [-0.3, -0.25) is 0 Å². The molecule has 1 heteroatoms. The van der Waals surface area contributed by atoms with Crippen LogP contribution < -0.4 is 0 Å². The molecule has 20 heavy (non-hydrogen) atoms. The molecule has 0 saturated heterocycles. The van der Waals surface area contributed by atoms with Crippen LogP contribution in [0.25, 0.3) is 0 Å². The van der Waals surface area contributed by atoms with Crippen LogP contribution in [0.1, 0.15) is 53.9 Å². The fraction of sp³-hybridized carbons (Fsp3) is 0.579. The molecule has 0 aromatic rings. The molecule has 0 aromatic heterocycles. The third-order valence-corrected chi connectivity index (χ3v) is 9.57. The maximum Gasteiger partial charge on any atom is 0.108 e. The van der Waals surface area contributed by atoms with Crippen LogP contribution in [0.15, 0.2) is 44.8 Å². The van der Waals surface area contributed by atoms with Gasteiger partial charge in [-0.2, -0.15) is 0 Å². The van der Waals surface area contributed by atoms with Crippen molar-refractivity contribution in [1.82, 2.24) is 0 Å². The summed E-state index contributed by atoms with van der Waals surface area (Å²) >= 11 is 0. The highest BCUT2D eigenvalue weighted by Crippen LogP contribution is 2.46. The lowest BCUT2D eigenvalue weighted by Gasteiger charge is -2.32. The summed E-state index contributed by atoms with van der Waals surface area (Å²) in [6.45, 7) is 16.8. The van der Waals surface area contributed by atoms with E-state index >= 15 is 0 Å². The van der Waals surface area contributed by atoms with E-state index in [9.17, 15) is 0 Å². The molecule has 2 aliphatic carbocycles. The van der Waals surface area contributed by atoms with Crippen molar-refractivity contribution in [1.29, 1.82) is 0 Å². The molecular weight excluding hydrogens is 256 g/mol. The molecule has 110 valence electrons. The van der Waals surface area contributed by atoms with Crippen LogP contribution in [0.3, 0.4) is 0 Å². The number of rotatable bonds is 4. The first kappa shape index (κ1) is 15.6. The molecular formula is C19H30Si. The zero-order valence-corrected chi connectivity index (χ0v) is 15.4.